The van der Waals surface area contributed by atoms with Crippen molar-refractivity contribution in [1.82, 2.24) is 0 Å². The van der Waals surface area contributed by atoms with Crippen LogP contribution in [0.15, 0.2) is 0 Å². The summed E-state index contributed by atoms with van der Waals surface area (Å²) in [6, 6.07) is 0. The molecule has 83 heavy (non-hydrogen) atoms. The van der Waals surface area contributed by atoms with Crippen molar-refractivity contribution in [3.63, 3.8) is 0 Å². The largest absolute Gasteiger partial charge is 0.472 e. The Labute approximate surface area is 505 Å². The van der Waals surface area contributed by atoms with E-state index in [2.05, 4.69) is 41.5 Å². The van der Waals surface area contributed by atoms with Gasteiger partial charge in [-0.25, -0.2) is 9.13 Å². The van der Waals surface area contributed by atoms with Gasteiger partial charge in [0.05, 0.1) is 26.4 Å². The summed E-state index contributed by atoms with van der Waals surface area (Å²) in [6.45, 7) is 9.33. The van der Waals surface area contributed by atoms with E-state index in [1.54, 1.807) is 0 Å². The number of aliphatic hydroxyl groups excluding tert-OH is 1. The predicted molar refractivity (Wildman–Crippen MR) is 331 cm³/mol. The summed E-state index contributed by atoms with van der Waals surface area (Å²) in [5.41, 5.74) is 0. The number of phosphoric ester groups is 2. The van der Waals surface area contributed by atoms with Gasteiger partial charge in [0.1, 0.15) is 19.3 Å². The van der Waals surface area contributed by atoms with Gasteiger partial charge in [0.15, 0.2) is 12.2 Å². The van der Waals surface area contributed by atoms with E-state index in [1.165, 1.54) is 128 Å². The highest BCUT2D eigenvalue weighted by molar-refractivity contribution is 7.47. The van der Waals surface area contributed by atoms with Gasteiger partial charge in [-0.05, 0) is 37.5 Å². The molecule has 0 heterocycles. The van der Waals surface area contributed by atoms with E-state index < -0.39 is 97.5 Å². The quantitative estimate of drug-likeness (QED) is 0.0222. The molecule has 0 aromatic rings. The van der Waals surface area contributed by atoms with Crippen LogP contribution in [-0.4, -0.2) is 96.7 Å². The number of carbonyl (C=O) groups excluding carboxylic acids is 4. The Hall–Kier alpha value is -1.94. The number of aliphatic hydroxyl groups is 1. The lowest BCUT2D eigenvalue weighted by Gasteiger charge is -2.21. The fraction of sp³-hybridized carbons (Fsp3) is 0.938. The van der Waals surface area contributed by atoms with Crippen LogP contribution in [0.5, 0.6) is 0 Å². The molecule has 0 aliphatic carbocycles. The third kappa shape index (κ3) is 58.8. The van der Waals surface area contributed by atoms with Crippen LogP contribution in [0.4, 0.5) is 0 Å². The number of carbonyl (C=O) groups is 4. The molecule has 0 aromatic carbocycles. The Bertz CT molecular complexity index is 1630. The number of esters is 4. The Morgan fingerprint density at radius 1 is 0.325 bits per heavy atom. The van der Waals surface area contributed by atoms with E-state index in [9.17, 15) is 43.2 Å². The summed E-state index contributed by atoms with van der Waals surface area (Å²) in [7, 11) is -9.87. The van der Waals surface area contributed by atoms with Crippen molar-refractivity contribution < 1.29 is 80.2 Å². The van der Waals surface area contributed by atoms with Crippen LogP contribution in [0.3, 0.4) is 0 Å². The second-order valence-electron chi connectivity index (χ2n) is 24.1. The number of ether oxygens (including phenoxy) is 4. The van der Waals surface area contributed by atoms with Crippen LogP contribution in [-0.2, 0) is 65.4 Å². The molecule has 19 heteroatoms. The van der Waals surface area contributed by atoms with Gasteiger partial charge < -0.3 is 33.8 Å². The minimum Gasteiger partial charge on any atom is -0.462 e. The molecule has 0 aliphatic rings. The van der Waals surface area contributed by atoms with E-state index in [0.717, 1.165) is 108 Å². The first-order chi connectivity index (χ1) is 39.9. The van der Waals surface area contributed by atoms with Crippen molar-refractivity contribution in [2.45, 2.75) is 336 Å². The molecular weight excluding hydrogens is 1100 g/mol. The molecule has 0 rings (SSSR count). The number of hydrogen-bond donors (Lipinski definition) is 3. The second-order valence-corrected chi connectivity index (χ2v) is 27.0. The Morgan fingerprint density at radius 2 is 0.554 bits per heavy atom. The minimum absolute atomic E-state index is 0.0986. The number of rotatable bonds is 63. The average molecular weight is 1230 g/mol. The van der Waals surface area contributed by atoms with Gasteiger partial charge in [-0.15, -0.1) is 0 Å². The standard InChI is InChI=1S/C64H124O17P2/c1-7-9-11-32-40-46-61(66)74-52-59(80-63(68)48-42-33-12-10-8-2)54-78-82(70,71)76-50-58(65)51-77-83(72,73)79-55-60(53-75-62(67)47-41-36-30-27-23-25-29-35-39-45-57(5)6)81-64(69)49-43-37-31-26-22-20-18-16-14-13-15-17-19-21-24-28-34-38-44-56(3)4/h56-60,65H,7-55H2,1-6H3,(H,70,71)(H,72,73)/t58-,59+,60+/m0/s1. The second kappa shape index (κ2) is 56.6. The lowest BCUT2D eigenvalue weighted by molar-refractivity contribution is -0.161. The van der Waals surface area contributed by atoms with Gasteiger partial charge in [0.2, 0.25) is 0 Å². The molecular formula is C64H124O17P2. The van der Waals surface area contributed by atoms with Crippen LogP contribution in [0.1, 0.15) is 318 Å². The van der Waals surface area contributed by atoms with Gasteiger partial charge >= 0.3 is 39.5 Å². The number of unbranched alkanes of at least 4 members (excludes halogenated alkanes) is 33. The van der Waals surface area contributed by atoms with Crippen molar-refractivity contribution in [1.29, 1.82) is 0 Å². The highest BCUT2D eigenvalue weighted by atomic mass is 31.2. The monoisotopic (exact) mass is 1230 g/mol. The van der Waals surface area contributed by atoms with Crippen molar-refractivity contribution >= 4 is 39.5 Å². The average Bonchev–Trinajstić information content (AvgIpc) is 3.46. The summed E-state index contributed by atoms with van der Waals surface area (Å²) in [6.07, 6.45) is 39.9. The molecule has 0 saturated carbocycles. The molecule has 0 aliphatic heterocycles. The lowest BCUT2D eigenvalue weighted by atomic mass is 10.0. The van der Waals surface area contributed by atoms with Gasteiger partial charge in [0, 0.05) is 25.7 Å². The van der Waals surface area contributed by atoms with E-state index in [1.807, 2.05) is 0 Å². The summed E-state index contributed by atoms with van der Waals surface area (Å²) in [5, 5.41) is 10.5. The lowest BCUT2D eigenvalue weighted by Crippen LogP contribution is -2.30. The fourth-order valence-corrected chi connectivity index (χ4v) is 11.1. The molecule has 0 saturated heterocycles. The first-order valence-electron chi connectivity index (χ1n) is 33.5. The van der Waals surface area contributed by atoms with Crippen molar-refractivity contribution in [3.05, 3.63) is 0 Å². The zero-order chi connectivity index (χ0) is 61.5. The molecule has 2 unspecified atom stereocenters. The van der Waals surface area contributed by atoms with Crippen LogP contribution < -0.4 is 0 Å². The zero-order valence-corrected chi connectivity index (χ0v) is 55.3. The Kier molecular flexibility index (Phi) is 55.2. The molecule has 5 atom stereocenters. The third-order valence-corrected chi connectivity index (χ3v) is 16.6. The minimum atomic E-state index is -4.94. The van der Waals surface area contributed by atoms with Gasteiger partial charge in [-0.1, -0.05) is 266 Å². The van der Waals surface area contributed by atoms with Gasteiger partial charge in [-0.2, -0.15) is 0 Å². The van der Waals surface area contributed by atoms with Crippen LogP contribution in [0.25, 0.3) is 0 Å². The van der Waals surface area contributed by atoms with E-state index in [-0.39, 0.29) is 25.7 Å². The maximum Gasteiger partial charge on any atom is 0.472 e. The van der Waals surface area contributed by atoms with Crippen molar-refractivity contribution in [2.75, 3.05) is 39.6 Å². The molecule has 3 N–H and O–H groups in total. The van der Waals surface area contributed by atoms with Crippen LogP contribution in [0, 0.1) is 11.8 Å². The molecule has 0 bridgehead atoms. The maximum absolute atomic E-state index is 13.0. The smallest absolute Gasteiger partial charge is 0.462 e. The molecule has 0 spiro atoms. The summed E-state index contributed by atoms with van der Waals surface area (Å²) >= 11 is 0. The molecule has 0 amide bonds. The third-order valence-electron chi connectivity index (χ3n) is 14.7. The highest BCUT2D eigenvalue weighted by Gasteiger charge is 2.30. The molecule has 17 nitrogen and oxygen atoms in total. The zero-order valence-electron chi connectivity index (χ0n) is 53.5. The number of phosphoric acid groups is 2. The van der Waals surface area contributed by atoms with Crippen molar-refractivity contribution in [3.8, 4) is 0 Å². The maximum atomic E-state index is 13.0. The summed E-state index contributed by atoms with van der Waals surface area (Å²) in [4.78, 5) is 71.6. The SMILES string of the molecule is CCCCCCCC(=O)OC[C@H](COP(=O)(O)OC[C@H](O)COP(=O)(O)OC[C@@H](COC(=O)CCCCCCCCCCCC(C)C)OC(=O)CCCCCCCCCCCCCCCCCCCCC(C)C)OC(=O)CCCCCCC. The van der Waals surface area contributed by atoms with Gasteiger partial charge in [-0.3, -0.25) is 37.3 Å². The summed E-state index contributed by atoms with van der Waals surface area (Å²) < 4.78 is 67.5. The van der Waals surface area contributed by atoms with E-state index in [0.29, 0.717) is 25.7 Å². The molecule has 0 aromatic heterocycles. The van der Waals surface area contributed by atoms with E-state index >= 15 is 0 Å². The number of hydrogen-bond acceptors (Lipinski definition) is 15. The fourth-order valence-electron chi connectivity index (χ4n) is 9.53. The van der Waals surface area contributed by atoms with Crippen molar-refractivity contribution in [2.24, 2.45) is 11.8 Å². The predicted octanol–water partition coefficient (Wildman–Crippen LogP) is 17.7. The molecule has 0 radical (unpaired) electrons. The highest BCUT2D eigenvalue weighted by Crippen LogP contribution is 2.45. The topological polar surface area (TPSA) is 237 Å². The Morgan fingerprint density at radius 3 is 0.819 bits per heavy atom. The molecule has 492 valence electrons. The normalized spacial score (nSPS) is 14.3. The van der Waals surface area contributed by atoms with Crippen LogP contribution >= 0.6 is 15.6 Å². The van der Waals surface area contributed by atoms with Gasteiger partial charge in [0.25, 0.3) is 0 Å². The molecule has 0 fully saturated rings. The van der Waals surface area contributed by atoms with Crippen LogP contribution in [0.2, 0.25) is 0 Å². The Balaban J connectivity index is 5.04. The van der Waals surface area contributed by atoms with E-state index in [4.69, 9.17) is 37.0 Å². The first kappa shape index (κ1) is 81.1. The summed E-state index contributed by atoms with van der Waals surface area (Å²) in [5.74, 6) is -0.593. The first-order valence-corrected chi connectivity index (χ1v) is 36.5.